The number of hydrogen-bond donors (Lipinski definition) is 0. The molecule has 1 aromatic carbocycles. The Morgan fingerprint density at radius 3 is 2.56 bits per heavy atom. The topological polar surface area (TPSA) is 77.3 Å². The van der Waals surface area contributed by atoms with Crippen molar-refractivity contribution in [1.29, 1.82) is 0 Å². The molecule has 1 atom stereocenters. The van der Waals surface area contributed by atoms with E-state index in [9.17, 15) is 22.9 Å². The van der Waals surface area contributed by atoms with Crippen molar-refractivity contribution in [2.75, 3.05) is 11.6 Å². The zero-order chi connectivity index (χ0) is 13.9. The lowest BCUT2D eigenvalue weighted by atomic mass is 10.3. The zero-order valence-corrected chi connectivity index (χ0v) is 11.0. The van der Waals surface area contributed by atoms with Crippen LogP contribution >= 0.6 is 11.6 Å². The number of alkyl halides is 1. The second kappa shape index (κ2) is 5.62. The molecular formula is C10H11ClFNO4S. The van der Waals surface area contributed by atoms with E-state index in [4.69, 9.17) is 11.6 Å². The van der Waals surface area contributed by atoms with E-state index in [2.05, 4.69) is 0 Å². The lowest BCUT2D eigenvalue weighted by molar-refractivity contribution is -0.385. The average Bonchev–Trinajstić information content (AvgIpc) is 2.27. The summed E-state index contributed by atoms with van der Waals surface area (Å²) >= 11 is 5.50. The molecule has 0 aliphatic heterocycles. The summed E-state index contributed by atoms with van der Waals surface area (Å²) in [5.41, 5.74) is -0.489. The first kappa shape index (κ1) is 14.8. The summed E-state index contributed by atoms with van der Waals surface area (Å²) < 4.78 is 37.2. The van der Waals surface area contributed by atoms with Crippen molar-refractivity contribution >= 4 is 27.1 Å². The van der Waals surface area contributed by atoms with Crippen LogP contribution < -0.4 is 0 Å². The van der Waals surface area contributed by atoms with Gasteiger partial charge in [-0.1, -0.05) is 6.92 Å². The van der Waals surface area contributed by atoms with Gasteiger partial charge in [0, 0.05) is 11.9 Å². The first-order valence-electron chi connectivity index (χ1n) is 5.00. The second-order valence-corrected chi connectivity index (χ2v) is 6.22. The van der Waals surface area contributed by atoms with Crippen molar-refractivity contribution < 1.29 is 17.7 Å². The second-order valence-electron chi connectivity index (χ2n) is 3.91. The molecule has 5 nitrogen and oxygen atoms in total. The summed E-state index contributed by atoms with van der Waals surface area (Å²) in [6, 6.07) is 2.46. The maximum Gasteiger partial charge on any atom is 0.272 e. The van der Waals surface area contributed by atoms with E-state index in [-0.39, 0.29) is 17.6 Å². The van der Waals surface area contributed by atoms with Gasteiger partial charge in [0.15, 0.2) is 9.84 Å². The number of nitro groups is 1. The van der Waals surface area contributed by atoms with E-state index in [1.807, 2.05) is 0 Å². The Kier molecular flexibility index (Phi) is 4.64. The van der Waals surface area contributed by atoms with Gasteiger partial charge >= 0.3 is 0 Å². The van der Waals surface area contributed by atoms with Gasteiger partial charge in [-0.2, -0.15) is 0 Å². The molecular weight excluding hydrogens is 285 g/mol. The molecule has 0 heterocycles. The van der Waals surface area contributed by atoms with Gasteiger partial charge in [0.1, 0.15) is 10.7 Å². The highest BCUT2D eigenvalue weighted by Gasteiger charge is 2.23. The maximum absolute atomic E-state index is 13.5. The molecule has 0 N–H and O–H groups in total. The number of nitrogens with zero attached hydrogens (tertiary/aromatic N) is 1. The summed E-state index contributed by atoms with van der Waals surface area (Å²) in [7, 11) is -3.83. The third-order valence-corrected chi connectivity index (χ3v) is 4.76. The van der Waals surface area contributed by atoms with Gasteiger partial charge in [-0.3, -0.25) is 10.1 Å². The number of hydrogen-bond acceptors (Lipinski definition) is 4. The van der Waals surface area contributed by atoms with Crippen LogP contribution in [0.1, 0.15) is 6.92 Å². The van der Waals surface area contributed by atoms with Crippen molar-refractivity contribution in [2.45, 2.75) is 11.8 Å². The van der Waals surface area contributed by atoms with E-state index in [0.29, 0.717) is 6.07 Å². The van der Waals surface area contributed by atoms with Crippen LogP contribution in [0.2, 0.25) is 0 Å². The minimum atomic E-state index is -3.83. The number of non-ortho nitro benzene ring substituents is 1. The van der Waals surface area contributed by atoms with Gasteiger partial charge in [-0.15, -0.1) is 11.6 Å². The lowest BCUT2D eigenvalue weighted by Crippen LogP contribution is -2.16. The van der Waals surface area contributed by atoms with E-state index < -0.39 is 31.2 Å². The fourth-order valence-electron chi connectivity index (χ4n) is 1.36. The SMILES string of the molecule is CC(CCl)CS(=O)(=O)c1ccc([N+](=O)[O-])cc1F. The van der Waals surface area contributed by atoms with Crippen LogP contribution in [0.15, 0.2) is 23.1 Å². The minimum absolute atomic E-state index is 0.133. The summed E-state index contributed by atoms with van der Waals surface area (Å²) in [6.45, 7) is 1.62. The molecule has 1 aromatic rings. The van der Waals surface area contributed by atoms with Crippen molar-refractivity contribution in [3.8, 4) is 0 Å². The molecule has 0 aliphatic rings. The highest BCUT2D eigenvalue weighted by molar-refractivity contribution is 7.91. The molecule has 1 unspecified atom stereocenters. The van der Waals surface area contributed by atoms with Crippen LogP contribution in [-0.2, 0) is 9.84 Å². The summed E-state index contributed by atoms with van der Waals surface area (Å²) in [6.07, 6.45) is 0. The third kappa shape index (κ3) is 3.39. The monoisotopic (exact) mass is 295 g/mol. The Morgan fingerprint density at radius 1 is 1.50 bits per heavy atom. The summed E-state index contributed by atoms with van der Waals surface area (Å²) in [5.74, 6) is -1.61. The highest BCUT2D eigenvalue weighted by atomic mass is 35.5. The van der Waals surface area contributed by atoms with Crippen molar-refractivity contribution in [2.24, 2.45) is 5.92 Å². The molecule has 0 saturated heterocycles. The molecule has 0 amide bonds. The molecule has 8 heteroatoms. The van der Waals surface area contributed by atoms with Crippen LogP contribution in [0.3, 0.4) is 0 Å². The number of sulfone groups is 1. The van der Waals surface area contributed by atoms with Crippen LogP contribution in [0.5, 0.6) is 0 Å². The fraction of sp³-hybridized carbons (Fsp3) is 0.400. The molecule has 0 bridgehead atoms. The molecule has 0 spiro atoms. The Morgan fingerprint density at radius 2 is 2.11 bits per heavy atom. The van der Waals surface area contributed by atoms with Crippen molar-refractivity contribution in [1.82, 2.24) is 0 Å². The van der Waals surface area contributed by atoms with Crippen LogP contribution in [-0.4, -0.2) is 25.0 Å². The van der Waals surface area contributed by atoms with Gasteiger partial charge < -0.3 is 0 Å². The molecule has 1 rings (SSSR count). The van der Waals surface area contributed by atoms with Crippen molar-refractivity contribution in [3.63, 3.8) is 0 Å². The maximum atomic E-state index is 13.5. The van der Waals surface area contributed by atoms with Gasteiger partial charge in [0.05, 0.1) is 16.7 Å². The Bertz CT molecular complexity index is 561. The molecule has 0 fully saturated rings. The number of nitro benzene ring substituents is 1. The average molecular weight is 296 g/mol. The zero-order valence-electron chi connectivity index (χ0n) is 9.47. The predicted molar refractivity (Wildman–Crippen MR) is 65.0 cm³/mol. The predicted octanol–water partition coefficient (Wildman–Crippen LogP) is 2.38. The van der Waals surface area contributed by atoms with Crippen LogP contribution in [0.4, 0.5) is 10.1 Å². The molecule has 0 aliphatic carbocycles. The molecule has 0 aromatic heterocycles. The minimum Gasteiger partial charge on any atom is -0.258 e. The third-order valence-electron chi connectivity index (χ3n) is 2.23. The Labute approximate surface area is 109 Å². The van der Waals surface area contributed by atoms with Crippen LogP contribution in [0.25, 0.3) is 0 Å². The lowest BCUT2D eigenvalue weighted by Gasteiger charge is -2.09. The summed E-state index contributed by atoms with van der Waals surface area (Å²) in [5, 5.41) is 10.4. The van der Waals surface area contributed by atoms with E-state index in [1.54, 1.807) is 6.92 Å². The molecule has 18 heavy (non-hydrogen) atoms. The standard InChI is InChI=1S/C10H11ClFNO4S/c1-7(5-11)6-18(16,17)10-3-2-8(13(14)15)4-9(10)12/h2-4,7H,5-6H2,1H3. The normalized spacial score (nSPS) is 13.3. The first-order valence-corrected chi connectivity index (χ1v) is 7.19. The molecule has 0 saturated carbocycles. The van der Waals surface area contributed by atoms with Gasteiger partial charge in [-0.05, 0) is 12.0 Å². The number of halogens is 2. The quantitative estimate of drug-likeness (QED) is 0.475. The number of benzene rings is 1. The van der Waals surface area contributed by atoms with Gasteiger partial charge in [-0.25, -0.2) is 12.8 Å². The van der Waals surface area contributed by atoms with Gasteiger partial charge in [0.25, 0.3) is 5.69 Å². The molecule has 0 radical (unpaired) electrons. The number of rotatable bonds is 5. The van der Waals surface area contributed by atoms with Crippen molar-refractivity contribution in [3.05, 3.63) is 34.1 Å². The fourth-order valence-corrected chi connectivity index (χ4v) is 3.28. The van der Waals surface area contributed by atoms with Gasteiger partial charge in [0.2, 0.25) is 0 Å². The van der Waals surface area contributed by atoms with E-state index >= 15 is 0 Å². The smallest absolute Gasteiger partial charge is 0.258 e. The highest BCUT2D eigenvalue weighted by Crippen LogP contribution is 2.22. The Balaban J connectivity index is 3.14. The van der Waals surface area contributed by atoms with Crippen LogP contribution in [0, 0.1) is 21.8 Å². The summed E-state index contributed by atoms with van der Waals surface area (Å²) in [4.78, 5) is 9.08. The van der Waals surface area contributed by atoms with E-state index in [0.717, 1.165) is 12.1 Å². The first-order chi connectivity index (χ1) is 8.27. The molecule has 100 valence electrons. The largest absolute Gasteiger partial charge is 0.272 e. The Hall–Kier alpha value is -1.21. The van der Waals surface area contributed by atoms with E-state index in [1.165, 1.54) is 0 Å².